The van der Waals surface area contributed by atoms with E-state index in [4.69, 9.17) is 0 Å². The van der Waals surface area contributed by atoms with Crippen LogP contribution in [0.3, 0.4) is 0 Å². The van der Waals surface area contributed by atoms with Crippen molar-refractivity contribution in [2.75, 3.05) is 0 Å². The quantitative estimate of drug-likeness (QED) is 0.948. The first-order valence-electron chi connectivity index (χ1n) is 5.86. The second kappa shape index (κ2) is 5.20. The van der Waals surface area contributed by atoms with Gasteiger partial charge in [0.2, 0.25) is 0 Å². The normalized spacial score (nSPS) is 11.8. The molecule has 0 fully saturated rings. The molecule has 0 aliphatic carbocycles. The number of aromatic nitrogens is 3. The minimum Gasteiger partial charge on any atom is -0.306 e. The van der Waals surface area contributed by atoms with Gasteiger partial charge in [-0.3, -0.25) is 0 Å². The summed E-state index contributed by atoms with van der Waals surface area (Å²) >= 11 is 3.45. The summed E-state index contributed by atoms with van der Waals surface area (Å²) in [4.78, 5) is 0. The van der Waals surface area contributed by atoms with E-state index in [0.29, 0.717) is 0 Å². The summed E-state index contributed by atoms with van der Waals surface area (Å²) in [5.74, 6) is 0. The molecule has 0 aliphatic heterocycles. The predicted molar refractivity (Wildman–Crippen MR) is 75.7 cm³/mol. The first-order valence-corrected chi connectivity index (χ1v) is 6.65. The Balaban J connectivity index is 2.11. The molecule has 2 aromatic rings. The summed E-state index contributed by atoms with van der Waals surface area (Å²) in [6, 6.07) is 7.98. The highest BCUT2D eigenvalue weighted by Gasteiger charge is 2.10. The zero-order valence-electron chi connectivity index (χ0n) is 10.8. The molecular formula is C13H17BrN4. The monoisotopic (exact) mass is 308 g/mol. The van der Waals surface area contributed by atoms with Gasteiger partial charge in [-0.1, -0.05) is 27.2 Å². The first kappa shape index (κ1) is 13.2. The van der Waals surface area contributed by atoms with Gasteiger partial charge in [0.05, 0.1) is 17.6 Å². The maximum absolute atomic E-state index is 4.16. The lowest BCUT2D eigenvalue weighted by Gasteiger charge is -2.19. The Morgan fingerprint density at radius 3 is 2.78 bits per heavy atom. The first-order chi connectivity index (χ1) is 8.44. The molecule has 0 aliphatic rings. The Morgan fingerprint density at radius 1 is 1.33 bits per heavy atom. The van der Waals surface area contributed by atoms with Crippen molar-refractivity contribution in [3.63, 3.8) is 0 Å². The van der Waals surface area contributed by atoms with Crippen molar-refractivity contribution in [1.82, 2.24) is 20.3 Å². The summed E-state index contributed by atoms with van der Waals surface area (Å²) in [5, 5.41) is 11.7. The van der Waals surface area contributed by atoms with Gasteiger partial charge in [-0.2, -0.15) is 0 Å². The lowest BCUT2D eigenvalue weighted by atomic mass is 10.1. The molecule has 0 saturated heterocycles. The van der Waals surface area contributed by atoms with Crippen LogP contribution in [0.15, 0.2) is 34.9 Å². The average Bonchev–Trinajstić information content (AvgIpc) is 2.74. The number of nitrogens with zero attached hydrogens (tertiary/aromatic N) is 3. The van der Waals surface area contributed by atoms with Crippen molar-refractivity contribution < 1.29 is 0 Å². The largest absolute Gasteiger partial charge is 0.306 e. The van der Waals surface area contributed by atoms with Gasteiger partial charge in [0.1, 0.15) is 0 Å². The summed E-state index contributed by atoms with van der Waals surface area (Å²) in [5.41, 5.74) is 2.02. The molecule has 0 unspecified atom stereocenters. The Labute approximate surface area is 116 Å². The minimum atomic E-state index is 0.0829. The molecule has 1 N–H and O–H groups in total. The fourth-order valence-corrected chi connectivity index (χ4v) is 1.87. The maximum Gasteiger partial charge on any atom is 0.0969 e. The Kier molecular flexibility index (Phi) is 3.82. The number of hydrogen-bond acceptors (Lipinski definition) is 3. The van der Waals surface area contributed by atoms with Crippen molar-refractivity contribution in [3.05, 3.63) is 40.6 Å². The third-order valence-corrected chi connectivity index (χ3v) is 2.91. The smallest absolute Gasteiger partial charge is 0.0969 e. The van der Waals surface area contributed by atoms with Crippen LogP contribution in [0.25, 0.3) is 5.69 Å². The van der Waals surface area contributed by atoms with Crippen LogP contribution >= 0.6 is 15.9 Å². The van der Waals surface area contributed by atoms with Crippen LogP contribution in [0.2, 0.25) is 0 Å². The molecule has 0 amide bonds. The molecule has 96 valence electrons. The van der Waals surface area contributed by atoms with Crippen LogP contribution in [0.1, 0.15) is 26.5 Å². The molecule has 18 heavy (non-hydrogen) atoms. The molecule has 2 rings (SSSR count). The highest BCUT2D eigenvalue weighted by Crippen LogP contribution is 2.14. The molecule has 0 saturated carbocycles. The molecular weight excluding hydrogens is 292 g/mol. The van der Waals surface area contributed by atoms with Crippen LogP contribution in [-0.4, -0.2) is 20.5 Å². The molecule has 0 spiro atoms. The summed E-state index contributed by atoms with van der Waals surface area (Å²) in [6.45, 7) is 7.11. The lowest BCUT2D eigenvalue weighted by Crippen LogP contribution is -2.35. The van der Waals surface area contributed by atoms with E-state index in [9.17, 15) is 0 Å². The van der Waals surface area contributed by atoms with Gasteiger partial charge >= 0.3 is 0 Å². The van der Waals surface area contributed by atoms with Gasteiger partial charge in [-0.15, -0.1) is 5.10 Å². The third kappa shape index (κ3) is 3.65. The zero-order chi connectivity index (χ0) is 13.2. The van der Waals surface area contributed by atoms with E-state index in [-0.39, 0.29) is 5.54 Å². The highest BCUT2D eigenvalue weighted by molar-refractivity contribution is 9.10. The van der Waals surface area contributed by atoms with E-state index in [1.807, 2.05) is 30.5 Å². The van der Waals surface area contributed by atoms with Gasteiger partial charge < -0.3 is 5.32 Å². The van der Waals surface area contributed by atoms with Gasteiger partial charge in [0.15, 0.2) is 0 Å². The van der Waals surface area contributed by atoms with Crippen LogP contribution in [0.5, 0.6) is 0 Å². The summed E-state index contributed by atoms with van der Waals surface area (Å²) < 4.78 is 2.81. The Bertz CT molecular complexity index is 528. The van der Waals surface area contributed by atoms with E-state index in [0.717, 1.165) is 22.4 Å². The lowest BCUT2D eigenvalue weighted by molar-refractivity contribution is 0.421. The van der Waals surface area contributed by atoms with Crippen molar-refractivity contribution in [3.8, 4) is 5.69 Å². The SMILES string of the molecule is CC(C)(C)NCc1cn(-c2cccc(Br)c2)nn1. The van der Waals surface area contributed by atoms with Crippen molar-refractivity contribution in [2.45, 2.75) is 32.9 Å². The molecule has 4 nitrogen and oxygen atoms in total. The van der Waals surface area contributed by atoms with Gasteiger partial charge in [-0.25, -0.2) is 4.68 Å². The Hall–Kier alpha value is -1.20. The summed E-state index contributed by atoms with van der Waals surface area (Å²) in [7, 11) is 0. The second-order valence-corrected chi connectivity index (χ2v) is 6.15. The molecule has 0 radical (unpaired) electrons. The topological polar surface area (TPSA) is 42.7 Å². The van der Waals surface area contributed by atoms with Gasteiger partial charge in [-0.05, 0) is 39.0 Å². The van der Waals surface area contributed by atoms with Crippen molar-refractivity contribution in [1.29, 1.82) is 0 Å². The fraction of sp³-hybridized carbons (Fsp3) is 0.385. The van der Waals surface area contributed by atoms with E-state index in [1.165, 1.54) is 0 Å². The number of rotatable bonds is 3. The van der Waals surface area contributed by atoms with Crippen LogP contribution < -0.4 is 5.32 Å². The Morgan fingerprint density at radius 2 is 2.11 bits per heavy atom. The second-order valence-electron chi connectivity index (χ2n) is 5.24. The maximum atomic E-state index is 4.16. The molecule has 0 atom stereocenters. The number of nitrogens with one attached hydrogen (secondary N) is 1. The molecule has 1 aromatic carbocycles. The van der Waals surface area contributed by atoms with E-state index >= 15 is 0 Å². The zero-order valence-corrected chi connectivity index (χ0v) is 12.4. The van der Waals surface area contributed by atoms with Gasteiger partial charge in [0.25, 0.3) is 0 Å². The third-order valence-electron chi connectivity index (χ3n) is 2.41. The van der Waals surface area contributed by atoms with E-state index in [2.05, 4.69) is 52.3 Å². The molecule has 0 bridgehead atoms. The van der Waals surface area contributed by atoms with E-state index < -0.39 is 0 Å². The predicted octanol–water partition coefficient (Wildman–Crippen LogP) is 2.92. The number of hydrogen-bond donors (Lipinski definition) is 1. The van der Waals surface area contributed by atoms with Crippen LogP contribution in [0.4, 0.5) is 0 Å². The van der Waals surface area contributed by atoms with E-state index in [1.54, 1.807) is 4.68 Å². The molecule has 1 aromatic heterocycles. The fourth-order valence-electron chi connectivity index (χ4n) is 1.48. The van der Waals surface area contributed by atoms with Crippen molar-refractivity contribution in [2.24, 2.45) is 0 Å². The van der Waals surface area contributed by atoms with Crippen LogP contribution in [-0.2, 0) is 6.54 Å². The minimum absolute atomic E-state index is 0.0829. The number of benzene rings is 1. The molecule has 5 heteroatoms. The average molecular weight is 309 g/mol. The van der Waals surface area contributed by atoms with Crippen molar-refractivity contribution >= 4 is 15.9 Å². The number of halogens is 1. The summed E-state index contributed by atoms with van der Waals surface area (Å²) in [6.07, 6.45) is 1.94. The highest BCUT2D eigenvalue weighted by atomic mass is 79.9. The molecule has 1 heterocycles. The standard InChI is InChI=1S/C13H17BrN4/c1-13(2,3)15-8-11-9-18(17-16-11)12-6-4-5-10(14)7-12/h4-7,9,15H,8H2,1-3H3. The van der Waals surface area contributed by atoms with Gasteiger partial charge in [0, 0.05) is 16.6 Å². The van der Waals surface area contributed by atoms with Crippen LogP contribution in [0, 0.1) is 0 Å².